The molecule has 0 radical (unpaired) electrons. The highest BCUT2D eigenvalue weighted by molar-refractivity contribution is 9.09. The van der Waals surface area contributed by atoms with E-state index in [4.69, 9.17) is 5.26 Å². The van der Waals surface area contributed by atoms with Gasteiger partial charge in [-0.25, -0.2) is 0 Å². The van der Waals surface area contributed by atoms with Gasteiger partial charge in [-0.2, -0.15) is 5.26 Å². The van der Waals surface area contributed by atoms with Crippen LogP contribution in [0.3, 0.4) is 0 Å². The third kappa shape index (κ3) is 1.89. The van der Waals surface area contributed by atoms with E-state index in [1.165, 1.54) is 0 Å². The van der Waals surface area contributed by atoms with Gasteiger partial charge in [0, 0.05) is 17.7 Å². The molecule has 0 saturated heterocycles. The summed E-state index contributed by atoms with van der Waals surface area (Å²) in [5.41, 5.74) is 0.561. The predicted molar refractivity (Wildman–Crippen MR) is 55.6 cm³/mol. The zero-order valence-corrected chi connectivity index (χ0v) is 9.08. The minimum Gasteiger partial charge on any atom is -0.264 e. The molecule has 1 aromatic rings. The molecule has 13 heavy (non-hydrogen) atoms. The Balaban J connectivity index is 3.10. The fraction of sp³-hybridized carbons (Fsp3) is 0.400. The first kappa shape index (κ1) is 10.2. The fourth-order valence-electron chi connectivity index (χ4n) is 1.20. The highest BCUT2D eigenvalue weighted by Crippen LogP contribution is 2.28. The van der Waals surface area contributed by atoms with E-state index in [-0.39, 0.29) is 0 Å². The number of pyridine rings is 1. The van der Waals surface area contributed by atoms with E-state index in [9.17, 15) is 0 Å². The van der Waals surface area contributed by atoms with Gasteiger partial charge in [-0.3, -0.25) is 4.98 Å². The van der Waals surface area contributed by atoms with E-state index in [0.29, 0.717) is 5.33 Å². The van der Waals surface area contributed by atoms with E-state index in [0.717, 1.165) is 12.0 Å². The molecule has 0 aromatic carbocycles. The molecule has 1 atom stereocenters. The molecule has 0 aliphatic rings. The molecule has 0 saturated carbocycles. The van der Waals surface area contributed by atoms with Gasteiger partial charge in [0.2, 0.25) is 0 Å². The van der Waals surface area contributed by atoms with Crippen molar-refractivity contribution in [2.45, 2.75) is 18.8 Å². The summed E-state index contributed by atoms with van der Waals surface area (Å²) >= 11 is 3.38. The first-order valence-electron chi connectivity index (χ1n) is 4.17. The van der Waals surface area contributed by atoms with Crippen molar-refractivity contribution in [3.8, 4) is 6.07 Å². The summed E-state index contributed by atoms with van der Waals surface area (Å²) in [5, 5.41) is 9.77. The summed E-state index contributed by atoms with van der Waals surface area (Å²) in [6, 6.07) is 6.15. The number of nitriles is 1. The Morgan fingerprint density at radius 1 is 1.69 bits per heavy atom. The van der Waals surface area contributed by atoms with Crippen molar-refractivity contribution in [3.05, 3.63) is 30.1 Å². The van der Waals surface area contributed by atoms with Crippen LogP contribution in [-0.4, -0.2) is 10.3 Å². The molecule has 2 nitrogen and oxygen atoms in total. The monoisotopic (exact) mass is 238 g/mol. The van der Waals surface area contributed by atoms with Crippen molar-refractivity contribution in [2.75, 3.05) is 5.33 Å². The lowest BCUT2D eigenvalue weighted by atomic mass is 9.82. The minimum atomic E-state index is -0.422. The van der Waals surface area contributed by atoms with Crippen molar-refractivity contribution in [3.63, 3.8) is 0 Å². The van der Waals surface area contributed by atoms with E-state index < -0.39 is 5.41 Å². The zero-order valence-electron chi connectivity index (χ0n) is 7.50. The maximum Gasteiger partial charge on any atom is 0.0930 e. The average Bonchev–Trinajstić information content (AvgIpc) is 2.23. The Bertz CT molecular complexity index is 298. The lowest BCUT2D eigenvalue weighted by molar-refractivity contribution is 0.599. The summed E-state index contributed by atoms with van der Waals surface area (Å²) in [6.07, 6.45) is 4.27. The van der Waals surface area contributed by atoms with Gasteiger partial charge in [-0.15, -0.1) is 0 Å². The van der Waals surface area contributed by atoms with Gasteiger partial charge in [-0.1, -0.05) is 28.9 Å². The molecule has 0 aliphatic heterocycles. The van der Waals surface area contributed by atoms with Crippen LogP contribution in [0.2, 0.25) is 0 Å². The molecule has 0 spiro atoms. The Labute approximate surface area is 86.7 Å². The van der Waals surface area contributed by atoms with Crippen LogP contribution in [0.25, 0.3) is 0 Å². The third-order valence-electron chi connectivity index (χ3n) is 2.26. The number of halogens is 1. The third-order valence-corrected chi connectivity index (χ3v) is 3.22. The van der Waals surface area contributed by atoms with Crippen molar-refractivity contribution >= 4 is 15.9 Å². The number of alkyl halides is 1. The van der Waals surface area contributed by atoms with Gasteiger partial charge in [0.15, 0.2) is 0 Å². The highest BCUT2D eigenvalue weighted by Gasteiger charge is 2.28. The smallest absolute Gasteiger partial charge is 0.0930 e. The topological polar surface area (TPSA) is 36.7 Å². The van der Waals surface area contributed by atoms with Crippen LogP contribution in [0, 0.1) is 11.3 Å². The molecule has 0 amide bonds. The second-order valence-electron chi connectivity index (χ2n) is 2.92. The normalized spacial score (nSPS) is 14.5. The van der Waals surface area contributed by atoms with E-state index in [1.807, 2.05) is 19.1 Å². The molecule has 0 bridgehead atoms. The number of aromatic nitrogens is 1. The molecule has 3 heteroatoms. The van der Waals surface area contributed by atoms with Gasteiger partial charge in [0.05, 0.1) is 11.5 Å². The van der Waals surface area contributed by atoms with Crippen molar-refractivity contribution in [1.29, 1.82) is 5.26 Å². The van der Waals surface area contributed by atoms with Crippen molar-refractivity contribution in [1.82, 2.24) is 4.98 Å². The van der Waals surface area contributed by atoms with Gasteiger partial charge in [0.25, 0.3) is 0 Å². The maximum atomic E-state index is 9.12. The number of hydrogen-bond donors (Lipinski definition) is 0. The van der Waals surface area contributed by atoms with Crippen LogP contribution in [-0.2, 0) is 5.41 Å². The SMILES string of the molecule is CCC(C#N)(CBr)c1cccnc1. The molecule has 1 heterocycles. The predicted octanol–water partition coefficient (Wildman–Crippen LogP) is 2.65. The molecule has 0 aliphatic carbocycles. The van der Waals surface area contributed by atoms with Crippen molar-refractivity contribution in [2.24, 2.45) is 0 Å². The lowest BCUT2D eigenvalue weighted by Crippen LogP contribution is -2.24. The molecule has 1 aromatic heterocycles. The summed E-state index contributed by atoms with van der Waals surface area (Å²) in [7, 11) is 0. The van der Waals surface area contributed by atoms with Gasteiger partial charge in [0.1, 0.15) is 0 Å². The van der Waals surface area contributed by atoms with E-state index in [1.54, 1.807) is 12.4 Å². The molecule has 1 unspecified atom stereocenters. The van der Waals surface area contributed by atoms with E-state index in [2.05, 4.69) is 27.0 Å². The second kappa shape index (κ2) is 4.38. The molecular weight excluding hydrogens is 228 g/mol. The van der Waals surface area contributed by atoms with Crippen LogP contribution < -0.4 is 0 Å². The van der Waals surface area contributed by atoms with Gasteiger partial charge in [-0.05, 0) is 18.1 Å². The second-order valence-corrected chi connectivity index (χ2v) is 3.48. The lowest BCUT2D eigenvalue weighted by Gasteiger charge is -2.21. The highest BCUT2D eigenvalue weighted by atomic mass is 79.9. The fourth-order valence-corrected chi connectivity index (χ4v) is 2.04. The summed E-state index contributed by atoms with van der Waals surface area (Å²) in [5.74, 6) is 0. The number of rotatable bonds is 3. The standard InChI is InChI=1S/C10H11BrN2/c1-2-10(7-11,8-12)9-4-3-5-13-6-9/h3-6H,2,7H2,1H3. The Morgan fingerprint density at radius 3 is 2.85 bits per heavy atom. The minimum absolute atomic E-state index is 0.422. The number of hydrogen-bond acceptors (Lipinski definition) is 2. The van der Waals surface area contributed by atoms with Crippen LogP contribution in [0.15, 0.2) is 24.5 Å². The molecule has 0 N–H and O–H groups in total. The summed E-state index contributed by atoms with van der Waals surface area (Å²) in [6.45, 7) is 2.01. The molecule has 68 valence electrons. The van der Waals surface area contributed by atoms with Gasteiger partial charge >= 0.3 is 0 Å². The van der Waals surface area contributed by atoms with Crippen LogP contribution in [0.5, 0.6) is 0 Å². The summed E-state index contributed by atoms with van der Waals surface area (Å²) in [4.78, 5) is 4.02. The molecular formula is C10H11BrN2. The Kier molecular flexibility index (Phi) is 3.44. The first-order valence-corrected chi connectivity index (χ1v) is 5.29. The maximum absolute atomic E-state index is 9.12. The molecule has 1 rings (SSSR count). The zero-order chi connectivity index (χ0) is 9.73. The molecule has 0 fully saturated rings. The largest absolute Gasteiger partial charge is 0.264 e. The summed E-state index contributed by atoms with van der Waals surface area (Å²) < 4.78 is 0. The first-order chi connectivity index (χ1) is 6.29. The quantitative estimate of drug-likeness (QED) is 0.760. The van der Waals surface area contributed by atoms with Crippen LogP contribution in [0.4, 0.5) is 0 Å². The van der Waals surface area contributed by atoms with Gasteiger partial charge < -0.3 is 0 Å². The van der Waals surface area contributed by atoms with Crippen LogP contribution >= 0.6 is 15.9 Å². The van der Waals surface area contributed by atoms with Crippen LogP contribution in [0.1, 0.15) is 18.9 Å². The Morgan fingerprint density at radius 2 is 2.46 bits per heavy atom. The van der Waals surface area contributed by atoms with Crippen molar-refractivity contribution < 1.29 is 0 Å². The average molecular weight is 239 g/mol. The Hall–Kier alpha value is -0.880. The number of nitrogens with zero attached hydrogens (tertiary/aromatic N) is 2. The van der Waals surface area contributed by atoms with E-state index >= 15 is 0 Å².